The quantitative estimate of drug-likeness (QED) is 0.393. The van der Waals surface area contributed by atoms with Crippen LogP contribution < -0.4 is 10.6 Å². The normalized spacial score (nSPS) is 22.9. The standard InChI is InChI=1S/C28H29F3N4O5/c1-14-2-6-17(29)11-21(14)34-28-33-20-9-5-16(24(31)25(20)40-28)10-23(36)35-13-18(30)12-22(35)26(37)32-19-7-3-15(4-8-19)27(38)39/h2,5-6,9,11,15,18-19,22H,3-4,7-8,10,12-13H2,1H3,(H,32,37)(H,33,34)(H,38,39)/t15?,18-,19?,22-/m0/s1. The van der Waals surface area contributed by atoms with Gasteiger partial charge in [0.05, 0.1) is 18.9 Å². The van der Waals surface area contributed by atoms with E-state index in [1.807, 2.05) is 0 Å². The molecular formula is C28H29F3N4O5. The van der Waals surface area contributed by atoms with Gasteiger partial charge in [-0.2, -0.15) is 4.98 Å². The Morgan fingerprint density at radius 3 is 2.60 bits per heavy atom. The number of aromatic nitrogens is 1. The molecule has 2 aliphatic rings. The van der Waals surface area contributed by atoms with E-state index in [-0.39, 0.29) is 41.7 Å². The second-order valence-electron chi connectivity index (χ2n) is 10.5. The van der Waals surface area contributed by atoms with Crippen molar-refractivity contribution in [1.82, 2.24) is 15.2 Å². The molecule has 2 aromatic carbocycles. The molecule has 3 N–H and O–H groups in total. The minimum atomic E-state index is -1.40. The molecule has 0 bridgehead atoms. The Kier molecular flexibility index (Phi) is 7.68. The lowest BCUT2D eigenvalue weighted by Crippen LogP contribution is -2.50. The van der Waals surface area contributed by atoms with Crippen molar-refractivity contribution in [2.45, 2.75) is 63.7 Å². The molecular weight excluding hydrogens is 529 g/mol. The number of carboxylic acids is 1. The molecule has 0 radical (unpaired) electrons. The number of carboxylic acid groups (broad SMARTS) is 1. The zero-order chi connectivity index (χ0) is 28.6. The average Bonchev–Trinajstić information content (AvgIpc) is 3.52. The van der Waals surface area contributed by atoms with Crippen LogP contribution in [0.15, 0.2) is 34.7 Å². The molecule has 0 unspecified atom stereocenters. The molecule has 1 saturated carbocycles. The summed E-state index contributed by atoms with van der Waals surface area (Å²) in [6.45, 7) is 1.47. The first-order valence-electron chi connectivity index (χ1n) is 13.2. The van der Waals surface area contributed by atoms with E-state index in [4.69, 9.17) is 9.52 Å². The zero-order valence-corrected chi connectivity index (χ0v) is 21.8. The number of nitrogens with one attached hydrogen (secondary N) is 2. The number of aliphatic carboxylic acids is 1. The van der Waals surface area contributed by atoms with E-state index in [1.165, 1.54) is 24.3 Å². The monoisotopic (exact) mass is 558 g/mol. The van der Waals surface area contributed by atoms with E-state index in [2.05, 4.69) is 15.6 Å². The van der Waals surface area contributed by atoms with Crippen molar-refractivity contribution in [3.8, 4) is 0 Å². The van der Waals surface area contributed by atoms with Gasteiger partial charge in [-0.05, 0) is 56.4 Å². The highest BCUT2D eigenvalue weighted by Gasteiger charge is 2.41. The lowest BCUT2D eigenvalue weighted by atomic mass is 9.86. The molecule has 1 saturated heterocycles. The van der Waals surface area contributed by atoms with Gasteiger partial charge in [0.1, 0.15) is 23.5 Å². The third-order valence-corrected chi connectivity index (χ3v) is 7.66. The maximum Gasteiger partial charge on any atom is 0.306 e. The molecule has 5 rings (SSSR count). The van der Waals surface area contributed by atoms with Crippen molar-refractivity contribution in [2.24, 2.45) is 5.92 Å². The van der Waals surface area contributed by atoms with Crippen LogP contribution in [0.25, 0.3) is 11.1 Å². The number of carbonyl (C=O) groups excluding carboxylic acids is 2. The molecule has 12 heteroatoms. The van der Waals surface area contributed by atoms with Gasteiger partial charge >= 0.3 is 5.97 Å². The fourth-order valence-electron chi connectivity index (χ4n) is 5.39. The molecule has 0 spiro atoms. The van der Waals surface area contributed by atoms with E-state index in [0.717, 1.165) is 10.5 Å². The van der Waals surface area contributed by atoms with Crippen LogP contribution in [0.4, 0.5) is 24.9 Å². The highest BCUT2D eigenvalue weighted by atomic mass is 19.1. The summed E-state index contributed by atoms with van der Waals surface area (Å²) in [7, 11) is 0. The molecule has 2 fully saturated rings. The number of amides is 2. The molecule has 212 valence electrons. The minimum absolute atomic E-state index is 0.00408. The predicted molar refractivity (Wildman–Crippen MR) is 139 cm³/mol. The van der Waals surface area contributed by atoms with Crippen LogP contribution in [0.5, 0.6) is 0 Å². The van der Waals surface area contributed by atoms with Gasteiger partial charge in [0.15, 0.2) is 11.4 Å². The molecule has 2 amide bonds. The summed E-state index contributed by atoms with van der Waals surface area (Å²) in [5, 5.41) is 14.8. The van der Waals surface area contributed by atoms with Crippen molar-refractivity contribution in [2.75, 3.05) is 11.9 Å². The van der Waals surface area contributed by atoms with Gasteiger partial charge in [0, 0.05) is 23.7 Å². The number of benzene rings is 2. The Hall–Kier alpha value is -4.09. The van der Waals surface area contributed by atoms with E-state index in [0.29, 0.717) is 31.4 Å². The smallest absolute Gasteiger partial charge is 0.306 e. The first-order chi connectivity index (χ1) is 19.1. The lowest BCUT2D eigenvalue weighted by molar-refractivity contribution is -0.143. The Balaban J connectivity index is 1.26. The lowest BCUT2D eigenvalue weighted by Gasteiger charge is -2.30. The third kappa shape index (κ3) is 5.75. The highest BCUT2D eigenvalue weighted by Crippen LogP contribution is 2.30. The maximum absolute atomic E-state index is 15.4. The summed E-state index contributed by atoms with van der Waals surface area (Å²) in [5.74, 6) is -3.69. The molecule has 1 aliphatic carbocycles. The summed E-state index contributed by atoms with van der Waals surface area (Å²) in [6, 6.07) is 5.66. The second-order valence-corrected chi connectivity index (χ2v) is 10.5. The molecule has 3 aromatic rings. The zero-order valence-electron chi connectivity index (χ0n) is 21.8. The third-order valence-electron chi connectivity index (χ3n) is 7.66. The molecule has 2 atom stereocenters. The number of likely N-dealkylation sites (tertiary alicyclic amines) is 1. The maximum atomic E-state index is 15.4. The van der Waals surface area contributed by atoms with Crippen LogP contribution in [0.2, 0.25) is 0 Å². The van der Waals surface area contributed by atoms with Crippen molar-refractivity contribution >= 4 is 40.6 Å². The topological polar surface area (TPSA) is 125 Å². The number of carbonyl (C=O) groups is 3. The summed E-state index contributed by atoms with van der Waals surface area (Å²) < 4.78 is 48.9. The second kappa shape index (κ2) is 11.2. The SMILES string of the molecule is Cc1ccc(F)cc1Nc1nc2ccc(CC(=O)N3C[C@@H](F)C[C@H]3C(=O)NC3CCC(C(=O)O)CC3)c(F)c2o1. The number of alkyl halides is 1. The minimum Gasteiger partial charge on any atom is -0.481 e. The van der Waals surface area contributed by atoms with Crippen LogP contribution in [0, 0.1) is 24.5 Å². The van der Waals surface area contributed by atoms with Crippen LogP contribution in [0.3, 0.4) is 0 Å². The van der Waals surface area contributed by atoms with Gasteiger partial charge < -0.3 is 25.1 Å². The van der Waals surface area contributed by atoms with Gasteiger partial charge in [-0.25, -0.2) is 13.2 Å². The largest absolute Gasteiger partial charge is 0.481 e. The predicted octanol–water partition coefficient (Wildman–Crippen LogP) is 4.40. The van der Waals surface area contributed by atoms with Crippen LogP contribution in [0.1, 0.15) is 43.2 Å². The Morgan fingerprint density at radius 2 is 1.88 bits per heavy atom. The number of hydrogen-bond acceptors (Lipinski definition) is 6. The summed E-state index contributed by atoms with van der Waals surface area (Å²) >= 11 is 0. The van der Waals surface area contributed by atoms with Crippen LogP contribution >= 0.6 is 0 Å². The summed E-state index contributed by atoms with van der Waals surface area (Å²) in [6.07, 6.45) is -0.150. The Morgan fingerprint density at radius 1 is 1.12 bits per heavy atom. The van der Waals surface area contributed by atoms with E-state index in [1.54, 1.807) is 13.0 Å². The van der Waals surface area contributed by atoms with Gasteiger partial charge in [0.25, 0.3) is 6.01 Å². The van der Waals surface area contributed by atoms with Crippen LogP contribution in [-0.4, -0.2) is 57.6 Å². The number of oxazole rings is 1. The first kappa shape index (κ1) is 27.5. The van der Waals surface area contributed by atoms with E-state index < -0.39 is 54.0 Å². The van der Waals surface area contributed by atoms with Gasteiger partial charge in [0.2, 0.25) is 11.8 Å². The fourth-order valence-corrected chi connectivity index (χ4v) is 5.39. The first-order valence-corrected chi connectivity index (χ1v) is 13.2. The molecule has 9 nitrogen and oxygen atoms in total. The van der Waals surface area contributed by atoms with E-state index in [9.17, 15) is 23.2 Å². The summed E-state index contributed by atoms with van der Waals surface area (Å²) in [4.78, 5) is 42.6. The number of rotatable bonds is 7. The van der Waals surface area contributed by atoms with Crippen molar-refractivity contribution < 1.29 is 37.1 Å². The van der Waals surface area contributed by atoms with Gasteiger partial charge in [-0.3, -0.25) is 14.4 Å². The number of halogens is 3. The van der Waals surface area contributed by atoms with Crippen molar-refractivity contribution in [1.29, 1.82) is 0 Å². The van der Waals surface area contributed by atoms with E-state index >= 15 is 4.39 Å². The molecule has 1 aromatic heterocycles. The molecule has 40 heavy (non-hydrogen) atoms. The fraction of sp³-hybridized carbons (Fsp3) is 0.429. The summed E-state index contributed by atoms with van der Waals surface area (Å²) in [5.41, 5.74) is 1.11. The van der Waals surface area contributed by atoms with Crippen molar-refractivity contribution in [3.63, 3.8) is 0 Å². The Bertz CT molecular complexity index is 1450. The Labute approximate surface area is 227 Å². The van der Waals surface area contributed by atoms with Crippen molar-refractivity contribution in [3.05, 3.63) is 53.1 Å². The molecule has 1 aliphatic heterocycles. The average molecular weight is 559 g/mol. The number of aryl methyl sites for hydroxylation is 1. The van der Waals surface area contributed by atoms with Gasteiger partial charge in [-0.1, -0.05) is 12.1 Å². The number of nitrogens with zero attached hydrogens (tertiary/aromatic N) is 2. The highest BCUT2D eigenvalue weighted by molar-refractivity contribution is 5.90. The number of fused-ring (bicyclic) bond motifs is 1. The number of anilines is 2. The molecule has 2 heterocycles. The number of hydrogen-bond donors (Lipinski definition) is 3. The van der Waals surface area contributed by atoms with Crippen LogP contribution in [-0.2, 0) is 20.8 Å². The van der Waals surface area contributed by atoms with Gasteiger partial charge in [-0.15, -0.1) is 0 Å².